The van der Waals surface area contributed by atoms with Crippen molar-refractivity contribution in [1.82, 2.24) is 0 Å². The first kappa shape index (κ1) is 13.8. The van der Waals surface area contributed by atoms with E-state index in [4.69, 9.17) is 0 Å². The molecule has 0 aliphatic rings. The zero-order valence-corrected chi connectivity index (χ0v) is 12.0. The topological polar surface area (TPSA) is 49.3 Å². The molecule has 1 aromatic heterocycles. The lowest BCUT2D eigenvalue weighted by atomic mass is 10.1. The Hall–Kier alpha value is -1.65. The van der Waals surface area contributed by atoms with Gasteiger partial charge in [0.2, 0.25) is 0 Å². The summed E-state index contributed by atoms with van der Waals surface area (Å²) < 4.78 is 0. The third-order valence-electron chi connectivity index (χ3n) is 3.05. The molecule has 0 spiro atoms. The number of carbonyl (C=O) groups is 1. The third kappa shape index (κ3) is 3.03. The zero-order valence-electron chi connectivity index (χ0n) is 11.2. The fraction of sp³-hybridized carbons (Fsp3) is 0.267. The Morgan fingerprint density at radius 1 is 1.32 bits per heavy atom. The predicted molar refractivity (Wildman–Crippen MR) is 78.8 cm³/mol. The summed E-state index contributed by atoms with van der Waals surface area (Å²) in [6.45, 7) is 5.68. The van der Waals surface area contributed by atoms with E-state index in [-0.39, 0.29) is 5.91 Å². The largest absolute Gasteiger partial charge is 0.389 e. The minimum absolute atomic E-state index is 0.130. The number of rotatable bonds is 3. The van der Waals surface area contributed by atoms with E-state index >= 15 is 0 Å². The molecule has 1 atom stereocenters. The molecule has 2 aromatic rings. The van der Waals surface area contributed by atoms with Crippen LogP contribution in [0.1, 0.15) is 38.7 Å². The lowest BCUT2D eigenvalue weighted by molar-refractivity contribution is 0.103. The molecule has 0 saturated carbocycles. The molecule has 0 bridgehead atoms. The van der Waals surface area contributed by atoms with Gasteiger partial charge in [-0.25, -0.2) is 0 Å². The molecule has 1 amide bonds. The van der Waals surface area contributed by atoms with Crippen molar-refractivity contribution in [3.8, 4) is 0 Å². The van der Waals surface area contributed by atoms with Crippen LogP contribution in [0.15, 0.2) is 30.3 Å². The molecule has 1 aromatic carbocycles. The molecule has 2 rings (SSSR count). The molecule has 0 saturated heterocycles. The molecule has 1 unspecified atom stereocenters. The number of amides is 1. The summed E-state index contributed by atoms with van der Waals surface area (Å²) in [7, 11) is 0. The molecule has 1 heterocycles. The van der Waals surface area contributed by atoms with Gasteiger partial charge < -0.3 is 10.4 Å². The van der Waals surface area contributed by atoms with Crippen LogP contribution in [-0.2, 0) is 0 Å². The number of hydrogen-bond donors (Lipinski definition) is 2. The number of thiophene rings is 1. The number of aryl methyl sites for hydroxylation is 2. The number of benzene rings is 1. The Labute approximate surface area is 116 Å². The summed E-state index contributed by atoms with van der Waals surface area (Å²) in [5.41, 5.74) is 2.51. The van der Waals surface area contributed by atoms with Gasteiger partial charge in [-0.1, -0.05) is 18.2 Å². The van der Waals surface area contributed by atoms with Crippen molar-refractivity contribution >= 4 is 22.9 Å². The molecule has 0 aliphatic heterocycles. The zero-order chi connectivity index (χ0) is 14.0. The lowest BCUT2D eigenvalue weighted by Crippen LogP contribution is -2.12. The minimum Gasteiger partial charge on any atom is -0.389 e. The molecule has 0 radical (unpaired) electrons. The van der Waals surface area contributed by atoms with Gasteiger partial charge in [-0.05, 0) is 38.5 Å². The Morgan fingerprint density at radius 3 is 2.58 bits per heavy atom. The Morgan fingerprint density at radius 2 is 2.00 bits per heavy atom. The summed E-state index contributed by atoms with van der Waals surface area (Å²) in [5.74, 6) is -0.130. The highest BCUT2D eigenvalue weighted by Crippen LogP contribution is 2.25. The second-order valence-electron chi connectivity index (χ2n) is 4.57. The lowest BCUT2D eigenvalue weighted by Gasteiger charge is -2.12. The Kier molecular flexibility index (Phi) is 4.02. The number of aliphatic hydroxyl groups is 1. The molecular formula is C15H17NO2S. The fourth-order valence-electron chi connectivity index (χ4n) is 1.84. The van der Waals surface area contributed by atoms with Crippen LogP contribution in [0.25, 0.3) is 0 Å². The SMILES string of the molecule is Cc1cc(C(=O)Nc2ccccc2C(C)O)sc1C. The molecule has 3 nitrogen and oxygen atoms in total. The molecule has 0 fully saturated rings. The number of para-hydroxylation sites is 1. The second kappa shape index (κ2) is 5.55. The normalized spacial score (nSPS) is 12.2. The van der Waals surface area contributed by atoms with Gasteiger partial charge in [0.1, 0.15) is 0 Å². The number of carbonyl (C=O) groups excluding carboxylic acids is 1. The van der Waals surface area contributed by atoms with E-state index in [0.717, 1.165) is 16.0 Å². The van der Waals surface area contributed by atoms with Crippen molar-refractivity contribution in [2.75, 3.05) is 5.32 Å². The van der Waals surface area contributed by atoms with E-state index in [1.165, 1.54) is 11.3 Å². The van der Waals surface area contributed by atoms with Gasteiger partial charge in [0.25, 0.3) is 5.91 Å². The van der Waals surface area contributed by atoms with Crippen LogP contribution in [-0.4, -0.2) is 11.0 Å². The molecular weight excluding hydrogens is 258 g/mol. The highest BCUT2D eigenvalue weighted by molar-refractivity contribution is 7.14. The second-order valence-corrected chi connectivity index (χ2v) is 5.82. The third-order valence-corrected chi connectivity index (χ3v) is 4.20. The van der Waals surface area contributed by atoms with Gasteiger partial charge in [-0.2, -0.15) is 0 Å². The van der Waals surface area contributed by atoms with Gasteiger partial charge in [0, 0.05) is 16.1 Å². The van der Waals surface area contributed by atoms with Crippen LogP contribution in [0.2, 0.25) is 0 Å². The van der Waals surface area contributed by atoms with Crippen molar-refractivity contribution in [3.05, 3.63) is 51.2 Å². The molecule has 100 valence electrons. The van der Waals surface area contributed by atoms with Crippen molar-refractivity contribution in [2.45, 2.75) is 26.9 Å². The van der Waals surface area contributed by atoms with E-state index in [1.54, 1.807) is 13.0 Å². The maximum absolute atomic E-state index is 12.2. The summed E-state index contributed by atoms with van der Waals surface area (Å²) in [4.78, 5) is 14.0. The van der Waals surface area contributed by atoms with Crippen LogP contribution in [0.4, 0.5) is 5.69 Å². The Bertz CT molecular complexity index is 582. The van der Waals surface area contributed by atoms with Crippen LogP contribution >= 0.6 is 11.3 Å². The van der Waals surface area contributed by atoms with Crippen molar-refractivity contribution in [2.24, 2.45) is 0 Å². The van der Waals surface area contributed by atoms with Crippen molar-refractivity contribution < 1.29 is 9.90 Å². The standard InChI is InChI=1S/C15H17NO2S/c1-9-8-14(19-11(9)3)15(18)16-13-7-5-4-6-12(13)10(2)17/h4-8,10,17H,1-3H3,(H,16,18). The highest BCUT2D eigenvalue weighted by Gasteiger charge is 2.13. The quantitative estimate of drug-likeness (QED) is 0.898. The van der Waals surface area contributed by atoms with Gasteiger partial charge in [0.05, 0.1) is 11.0 Å². The van der Waals surface area contributed by atoms with Crippen LogP contribution in [0, 0.1) is 13.8 Å². The number of aliphatic hydroxyl groups excluding tert-OH is 1. The van der Waals surface area contributed by atoms with Crippen molar-refractivity contribution in [1.29, 1.82) is 0 Å². The average molecular weight is 275 g/mol. The van der Waals surface area contributed by atoms with E-state index in [9.17, 15) is 9.90 Å². The van der Waals surface area contributed by atoms with E-state index in [0.29, 0.717) is 10.6 Å². The fourth-order valence-corrected chi connectivity index (χ4v) is 2.77. The van der Waals surface area contributed by atoms with Crippen LogP contribution in [0.3, 0.4) is 0 Å². The number of anilines is 1. The molecule has 2 N–H and O–H groups in total. The van der Waals surface area contributed by atoms with Crippen molar-refractivity contribution in [3.63, 3.8) is 0 Å². The van der Waals surface area contributed by atoms with E-state index in [2.05, 4.69) is 5.32 Å². The van der Waals surface area contributed by atoms with Gasteiger partial charge >= 0.3 is 0 Å². The number of nitrogens with one attached hydrogen (secondary N) is 1. The van der Waals surface area contributed by atoms with Crippen LogP contribution < -0.4 is 5.32 Å². The van der Waals surface area contributed by atoms with Crippen LogP contribution in [0.5, 0.6) is 0 Å². The first-order valence-corrected chi connectivity index (χ1v) is 6.96. The summed E-state index contributed by atoms with van der Waals surface area (Å²) in [5, 5.41) is 12.5. The number of hydrogen-bond acceptors (Lipinski definition) is 3. The average Bonchev–Trinajstić information content (AvgIpc) is 2.70. The summed E-state index contributed by atoms with van der Waals surface area (Å²) in [6, 6.07) is 9.18. The maximum Gasteiger partial charge on any atom is 0.265 e. The highest BCUT2D eigenvalue weighted by atomic mass is 32.1. The smallest absolute Gasteiger partial charge is 0.265 e. The predicted octanol–water partition coefficient (Wildman–Crippen LogP) is 3.67. The first-order valence-electron chi connectivity index (χ1n) is 6.14. The molecule has 19 heavy (non-hydrogen) atoms. The minimum atomic E-state index is -0.608. The summed E-state index contributed by atoms with van der Waals surface area (Å²) >= 11 is 1.48. The Balaban J connectivity index is 2.24. The van der Waals surface area contributed by atoms with Gasteiger partial charge in [-0.3, -0.25) is 4.79 Å². The molecule has 4 heteroatoms. The van der Waals surface area contributed by atoms with E-state index < -0.39 is 6.10 Å². The monoisotopic (exact) mass is 275 g/mol. The first-order chi connectivity index (χ1) is 8.99. The van der Waals surface area contributed by atoms with Gasteiger partial charge in [0.15, 0.2) is 0 Å². The summed E-state index contributed by atoms with van der Waals surface area (Å²) in [6.07, 6.45) is -0.608. The maximum atomic E-state index is 12.2. The van der Waals surface area contributed by atoms with E-state index in [1.807, 2.05) is 38.1 Å². The van der Waals surface area contributed by atoms with Gasteiger partial charge in [-0.15, -0.1) is 11.3 Å². The molecule has 0 aliphatic carbocycles.